The molecule has 0 spiro atoms. The van der Waals surface area contributed by atoms with E-state index in [0.717, 1.165) is 30.4 Å². The fourth-order valence-corrected chi connectivity index (χ4v) is 7.16. The van der Waals surface area contributed by atoms with Gasteiger partial charge in [0.1, 0.15) is 4.53 Å². The van der Waals surface area contributed by atoms with Crippen molar-refractivity contribution in [3.8, 4) is 0 Å². The predicted molar refractivity (Wildman–Crippen MR) is 125 cm³/mol. The van der Waals surface area contributed by atoms with Crippen LogP contribution in [0.4, 0.5) is 0 Å². The van der Waals surface area contributed by atoms with E-state index < -0.39 is 0 Å². The van der Waals surface area contributed by atoms with Gasteiger partial charge in [-0.2, -0.15) is 0 Å². The second-order valence-electron chi connectivity index (χ2n) is 6.88. The van der Waals surface area contributed by atoms with Crippen LogP contribution in [0.15, 0.2) is 86.3 Å². The lowest BCUT2D eigenvalue weighted by Crippen LogP contribution is -2.36. The van der Waals surface area contributed by atoms with Gasteiger partial charge in [-0.1, -0.05) is 95.5 Å². The molecule has 0 radical (unpaired) electrons. The first-order valence-electron chi connectivity index (χ1n) is 9.31. The Balaban J connectivity index is 1.76. The van der Waals surface area contributed by atoms with Crippen molar-refractivity contribution in [3.05, 3.63) is 107 Å². The Morgan fingerprint density at radius 3 is 2.17 bits per heavy atom. The molecular formula is C23H18N2OS3. The molecule has 5 rings (SSSR count). The van der Waals surface area contributed by atoms with Gasteiger partial charge in [0.2, 0.25) is 0 Å². The van der Waals surface area contributed by atoms with E-state index in [9.17, 15) is 4.79 Å². The van der Waals surface area contributed by atoms with Crippen LogP contribution < -0.4 is 14.9 Å². The molecule has 3 heterocycles. The van der Waals surface area contributed by atoms with E-state index in [2.05, 4.69) is 44.2 Å². The Kier molecular flexibility index (Phi) is 4.86. The number of hydrogen-bond acceptors (Lipinski definition) is 5. The number of nitrogens with zero attached hydrogens (tertiary/aromatic N) is 2. The molecule has 144 valence electrons. The topological polar surface area (TPSA) is 34.4 Å². The van der Waals surface area contributed by atoms with Crippen molar-refractivity contribution < 1.29 is 0 Å². The largest absolute Gasteiger partial charge is 0.272 e. The number of thiazole rings is 1. The molecule has 2 aromatic carbocycles. The normalized spacial score (nSPS) is 18.5. The van der Waals surface area contributed by atoms with Crippen LogP contribution in [-0.2, 0) is 0 Å². The Morgan fingerprint density at radius 2 is 1.52 bits per heavy atom. The summed E-state index contributed by atoms with van der Waals surface area (Å²) in [7, 11) is 0. The minimum atomic E-state index is -0.163. The predicted octanol–water partition coefficient (Wildman–Crippen LogP) is 4.97. The van der Waals surface area contributed by atoms with Gasteiger partial charge in [-0.05, 0) is 40.9 Å². The van der Waals surface area contributed by atoms with Crippen LogP contribution in [0.2, 0.25) is 0 Å². The summed E-state index contributed by atoms with van der Waals surface area (Å²) in [5, 5.41) is 0. The van der Waals surface area contributed by atoms with Crippen LogP contribution in [-0.4, -0.2) is 4.57 Å². The third kappa shape index (κ3) is 3.35. The van der Waals surface area contributed by atoms with Crippen molar-refractivity contribution in [2.75, 3.05) is 0 Å². The van der Waals surface area contributed by atoms with Crippen LogP contribution in [0.1, 0.15) is 31.0 Å². The molecule has 1 atom stereocenters. The molecular weight excluding hydrogens is 416 g/mol. The Labute approximate surface area is 181 Å². The Morgan fingerprint density at radius 1 is 0.897 bits per heavy atom. The average molecular weight is 435 g/mol. The van der Waals surface area contributed by atoms with E-state index in [1.807, 2.05) is 41.0 Å². The highest BCUT2D eigenvalue weighted by atomic mass is 32.2. The summed E-state index contributed by atoms with van der Waals surface area (Å²) in [4.78, 5) is 21.6. The fourth-order valence-electron chi connectivity index (χ4n) is 3.40. The molecule has 2 aliphatic heterocycles. The molecule has 29 heavy (non-hydrogen) atoms. The lowest BCUT2D eigenvalue weighted by atomic mass is 10.0. The maximum Gasteiger partial charge on any atom is 0.272 e. The maximum atomic E-state index is 13.5. The number of thioether (sulfide) groups is 2. The maximum absolute atomic E-state index is 13.5. The lowest BCUT2D eigenvalue weighted by Gasteiger charge is -2.19. The van der Waals surface area contributed by atoms with Crippen molar-refractivity contribution in [3.63, 3.8) is 0 Å². The molecule has 0 amide bonds. The van der Waals surface area contributed by atoms with E-state index in [1.165, 1.54) is 21.1 Å². The zero-order valence-electron chi connectivity index (χ0n) is 16.0. The van der Waals surface area contributed by atoms with Crippen molar-refractivity contribution in [1.29, 1.82) is 0 Å². The van der Waals surface area contributed by atoms with Crippen LogP contribution in [0, 0.1) is 0 Å². The van der Waals surface area contributed by atoms with Gasteiger partial charge < -0.3 is 0 Å². The second kappa shape index (κ2) is 7.52. The molecule has 3 aromatic rings. The molecule has 0 fully saturated rings. The molecule has 0 saturated heterocycles. The number of allylic oxidation sites excluding steroid dienone is 3. The first-order valence-corrected chi connectivity index (χ1v) is 11.8. The van der Waals surface area contributed by atoms with Gasteiger partial charge in [0.15, 0.2) is 4.80 Å². The minimum absolute atomic E-state index is 0.0449. The SMILES string of the molecule is CC1=C(C)SC(=c2sc3n(c2=O)C(c2ccccc2)C=C(c2ccccc2)N=3)S1. The first-order chi connectivity index (χ1) is 14.1. The molecule has 6 heteroatoms. The Bertz CT molecular complexity index is 1320. The zero-order chi connectivity index (χ0) is 20.0. The molecule has 1 aromatic heterocycles. The summed E-state index contributed by atoms with van der Waals surface area (Å²) in [6.07, 6.45) is 2.10. The third-order valence-electron chi connectivity index (χ3n) is 5.01. The summed E-state index contributed by atoms with van der Waals surface area (Å²) in [6.45, 7) is 4.22. The number of rotatable bonds is 2. The van der Waals surface area contributed by atoms with Crippen molar-refractivity contribution in [1.82, 2.24) is 4.57 Å². The first kappa shape index (κ1) is 18.7. The fraction of sp³-hybridized carbons (Fsp3) is 0.130. The molecule has 3 nitrogen and oxygen atoms in total. The highest BCUT2D eigenvalue weighted by Crippen LogP contribution is 2.48. The lowest BCUT2D eigenvalue weighted by molar-refractivity contribution is 0.644. The Hall–Kier alpha value is -2.28. The van der Waals surface area contributed by atoms with Crippen LogP contribution in [0.5, 0.6) is 0 Å². The number of fused-ring (bicyclic) bond motifs is 1. The van der Waals surface area contributed by atoms with Gasteiger partial charge in [-0.15, -0.1) is 0 Å². The molecule has 0 saturated carbocycles. The summed E-state index contributed by atoms with van der Waals surface area (Å²) < 4.78 is 3.71. The molecule has 0 N–H and O–H groups in total. The van der Waals surface area contributed by atoms with Gasteiger partial charge in [0.05, 0.1) is 16.0 Å². The quantitative estimate of drug-likeness (QED) is 0.571. The van der Waals surface area contributed by atoms with Crippen molar-refractivity contribution >= 4 is 44.8 Å². The van der Waals surface area contributed by atoms with Crippen LogP contribution >= 0.6 is 34.9 Å². The van der Waals surface area contributed by atoms with E-state index in [-0.39, 0.29) is 11.6 Å². The number of aromatic nitrogens is 1. The second-order valence-corrected chi connectivity index (χ2v) is 10.6. The highest BCUT2D eigenvalue weighted by Gasteiger charge is 2.25. The number of benzene rings is 2. The van der Waals surface area contributed by atoms with Crippen LogP contribution in [0.3, 0.4) is 0 Å². The summed E-state index contributed by atoms with van der Waals surface area (Å²) in [6, 6.07) is 20.2. The van der Waals surface area contributed by atoms with Gasteiger partial charge in [0.25, 0.3) is 5.56 Å². The summed E-state index contributed by atoms with van der Waals surface area (Å²) in [5.74, 6) is 0. The van der Waals surface area contributed by atoms with E-state index in [1.54, 1.807) is 23.5 Å². The van der Waals surface area contributed by atoms with E-state index in [0.29, 0.717) is 0 Å². The zero-order valence-corrected chi connectivity index (χ0v) is 18.4. The average Bonchev–Trinajstić information content (AvgIpc) is 3.27. The van der Waals surface area contributed by atoms with Crippen molar-refractivity contribution in [2.24, 2.45) is 4.99 Å². The smallest absolute Gasteiger partial charge is 0.272 e. The van der Waals surface area contributed by atoms with Gasteiger partial charge in [0, 0.05) is 0 Å². The molecule has 0 bridgehead atoms. The molecule has 0 aliphatic carbocycles. The van der Waals surface area contributed by atoms with Gasteiger partial charge in [-0.25, -0.2) is 4.99 Å². The third-order valence-corrected chi connectivity index (χ3v) is 8.95. The van der Waals surface area contributed by atoms with Gasteiger partial charge in [-0.3, -0.25) is 9.36 Å². The summed E-state index contributed by atoms with van der Waals surface area (Å²) >= 11 is 4.89. The monoisotopic (exact) mass is 434 g/mol. The molecule has 1 unspecified atom stereocenters. The van der Waals surface area contributed by atoms with E-state index in [4.69, 9.17) is 4.99 Å². The summed E-state index contributed by atoms with van der Waals surface area (Å²) in [5.41, 5.74) is 3.11. The minimum Gasteiger partial charge on any atom is -0.272 e. The molecule has 2 aliphatic rings. The van der Waals surface area contributed by atoms with E-state index >= 15 is 0 Å². The van der Waals surface area contributed by atoms with Crippen molar-refractivity contribution in [2.45, 2.75) is 19.9 Å². The highest BCUT2D eigenvalue weighted by molar-refractivity contribution is 8.35. The van der Waals surface area contributed by atoms with Crippen LogP contribution in [0.25, 0.3) is 9.93 Å². The number of hydrogen-bond donors (Lipinski definition) is 0. The standard InChI is InChI=1S/C23H18N2OS3/c1-14-15(2)28-22(27-14)20-21(26)25-19(17-11-7-4-8-12-17)13-18(24-23(25)29-20)16-9-5-3-6-10-16/h3-13,19H,1-2H3. The van der Waals surface area contributed by atoms with Gasteiger partial charge >= 0.3 is 0 Å².